The molecular formula is C21H17ClN2O5. The molecule has 0 aliphatic rings. The molecule has 0 radical (unpaired) electrons. The molecule has 29 heavy (non-hydrogen) atoms. The number of aromatic nitrogens is 2. The third kappa shape index (κ3) is 3.69. The van der Waals surface area contributed by atoms with Crippen molar-refractivity contribution in [2.45, 2.75) is 20.0 Å². The predicted octanol–water partition coefficient (Wildman–Crippen LogP) is 5.37. The molecule has 4 aromatic rings. The Hall–Kier alpha value is -3.32. The Morgan fingerprint density at radius 3 is 2.59 bits per heavy atom. The Balaban J connectivity index is 1.52. The summed E-state index contributed by atoms with van der Waals surface area (Å²) < 4.78 is 21.9. The molecule has 2 aromatic heterocycles. The second kappa shape index (κ2) is 7.60. The number of carbonyl (C=O) groups excluding carboxylic acids is 1. The van der Waals surface area contributed by atoms with Crippen LogP contribution in [0.2, 0.25) is 5.02 Å². The van der Waals surface area contributed by atoms with Gasteiger partial charge in [0.15, 0.2) is 6.10 Å². The minimum absolute atomic E-state index is 0.115. The minimum Gasteiger partial charge on any atom is -0.497 e. The van der Waals surface area contributed by atoms with Gasteiger partial charge in [0.05, 0.1) is 7.11 Å². The van der Waals surface area contributed by atoms with E-state index >= 15 is 0 Å². The van der Waals surface area contributed by atoms with Crippen molar-refractivity contribution in [1.29, 1.82) is 0 Å². The number of hydrogen-bond donors (Lipinski definition) is 0. The summed E-state index contributed by atoms with van der Waals surface area (Å²) in [7, 11) is 1.59. The fourth-order valence-electron chi connectivity index (χ4n) is 2.90. The van der Waals surface area contributed by atoms with E-state index in [2.05, 4.69) is 10.2 Å². The highest BCUT2D eigenvalue weighted by Gasteiger charge is 2.24. The van der Waals surface area contributed by atoms with Gasteiger partial charge in [-0.1, -0.05) is 11.6 Å². The number of fused-ring (bicyclic) bond motifs is 1. The molecule has 0 amide bonds. The van der Waals surface area contributed by atoms with Gasteiger partial charge >= 0.3 is 5.97 Å². The van der Waals surface area contributed by atoms with Crippen LogP contribution in [0.25, 0.3) is 22.4 Å². The molecule has 0 fully saturated rings. The van der Waals surface area contributed by atoms with Gasteiger partial charge in [-0.15, -0.1) is 10.2 Å². The zero-order chi connectivity index (χ0) is 20.5. The van der Waals surface area contributed by atoms with E-state index in [9.17, 15) is 4.79 Å². The summed E-state index contributed by atoms with van der Waals surface area (Å²) in [6.07, 6.45) is -0.752. The van der Waals surface area contributed by atoms with E-state index in [4.69, 9.17) is 29.9 Å². The number of carbonyl (C=O) groups is 1. The van der Waals surface area contributed by atoms with E-state index in [0.29, 0.717) is 22.1 Å². The molecule has 0 N–H and O–H groups in total. The monoisotopic (exact) mass is 412 g/mol. The van der Waals surface area contributed by atoms with E-state index in [-0.39, 0.29) is 11.7 Å². The standard InChI is InChI=1S/C21H17ClN2O5/c1-11-16-10-14(22)6-9-17(16)28-18(11)21(25)27-12(2)19-23-24-20(29-19)13-4-7-15(26-3)8-5-13/h4-10,12H,1-3H3. The molecule has 0 saturated carbocycles. The Kier molecular flexibility index (Phi) is 4.98. The molecular weight excluding hydrogens is 396 g/mol. The molecule has 4 rings (SSSR count). The predicted molar refractivity (Wildman–Crippen MR) is 106 cm³/mol. The first kappa shape index (κ1) is 19.0. The molecule has 0 spiro atoms. The summed E-state index contributed by atoms with van der Waals surface area (Å²) >= 11 is 6.02. The number of halogens is 1. The lowest BCUT2D eigenvalue weighted by Crippen LogP contribution is -2.09. The number of benzene rings is 2. The van der Waals surface area contributed by atoms with Gasteiger partial charge in [0, 0.05) is 21.5 Å². The van der Waals surface area contributed by atoms with Crippen molar-refractivity contribution in [3.63, 3.8) is 0 Å². The minimum atomic E-state index is -0.752. The number of furan rings is 1. The maximum atomic E-state index is 12.6. The van der Waals surface area contributed by atoms with Gasteiger partial charge in [-0.2, -0.15) is 0 Å². The highest BCUT2D eigenvalue weighted by atomic mass is 35.5. The highest BCUT2D eigenvalue weighted by molar-refractivity contribution is 6.31. The zero-order valence-corrected chi connectivity index (χ0v) is 16.7. The normalized spacial score (nSPS) is 12.1. The summed E-state index contributed by atoms with van der Waals surface area (Å²) in [5, 5.41) is 9.33. The van der Waals surface area contributed by atoms with Crippen molar-refractivity contribution >= 4 is 28.5 Å². The van der Waals surface area contributed by atoms with Crippen molar-refractivity contribution in [1.82, 2.24) is 10.2 Å². The number of ether oxygens (including phenoxy) is 2. The molecule has 0 saturated heterocycles. The van der Waals surface area contributed by atoms with Crippen LogP contribution in [0, 0.1) is 6.92 Å². The molecule has 2 aromatic carbocycles. The van der Waals surface area contributed by atoms with Crippen molar-refractivity contribution in [2.75, 3.05) is 7.11 Å². The van der Waals surface area contributed by atoms with Crippen molar-refractivity contribution in [3.8, 4) is 17.2 Å². The third-order valence-corrected chi connectivity index (χ3v) is 4.73. The van der Waals surface area contributed by atoms with Crippen LogP contribution in [0.5, 0.6) is 5.75 Å². The van der Waals surface area contributed by atoms with Crippen molar-refractivity contribution < 1.29 is 23.1 Å². The van der Waals surface area contributed by atoms with Crippen LogP contribution < -0.4 is 4.74 Å². The average Bonchev–Trinajstić information content (AvgIpc) is 3.34. The molecule has 1 atom stereocenters. The van der Waals surface area contributed by atoms with Crippen LogP contribution in [-0.4, -0.2) is 23.3 Å². The van der Waals surface area contributed by atoms with Gasteiger partial charge in [-0.05, 0) is 56.3 Å². The van der Waals surface area contributed by atoms with E-state index in [1.54, 1.807) is 63.4 Å². The average molecular weight is 413 g/mol. The Morgan fingerprint density at radius 1 is 1.10 bits per heavy atom. The number of nitrogens with zero attached hydrogens (tertiary/aromatic N) is 2. The van der Waals surface area contributed by atoms with Crippen LogP contribution >= 0.6 is 11.6 Å². The lowest BCUT2D eigenvalue weighted by Gasteiger charge is -2.08. The van der Waals surface area contributed by atoms with Crippen LogP contribution in [0.15, 0.2) is 51.3 Å². The van der Waals surface area contributed by atoms with Crippen LogP contribution in [0.3, 0.4) is 0 Å². The number of aryl methyl sites for hydroxylation is 1. The topological polar surface area (TPSA) is 87.6 Å². The van der Waals surface area contributed by atoms with Crippen molar-refractivity contribution in [2.24, 2.45) is 0 Å². The first-order chi connectivity index (χ1) is 14.0. The van der Waals surface area contributed by atoms with E-state index < -0.39 is 12.1 Å². The molecule has 0 bridgehead atoms. The van der Waals surface area contributed by atoms with Crippen molar-refractivity contribution in [3.05, 3.63) is 64.7 Å². The highest BCUT2D eigenvalue weighted by Crippen LogP contribution is 2.30. The molecule has 2 heterocycles. The van der Waals surface area contributed by atoms with Crippen LogP contribution in [-0.2, 0) is 4.74 Å². The lowest BCUT2D eigenvalue weighted by molar-refractivity contribution is 0.0245. The number of rotatable bonds is 5. The maximum absolute atomic E-state index is 12.6. The second-order valence-electron chi connectivity index (χ2n) is 6.42. The number of esters is 1. The second-order valence-corrected chi connectivity index (χ2v) is 6.85. The van der Waals surface area contributed by atoms with E-state index in [1.807, 2.05) is 0 Å². The fourth-order valence-corrected chi connectivity index (χ4v) is 3.07. The van der Waals surface area contributed by atoms with Gasteiger partial charge in [0.25, 0.3) is 5.89 Å². The Bertz CT molecular complexity index is 1180. The summed E-state index contributed by atoms with van der Waals surface area (Å²) in [6, 6.07) is 12.3. The molecule has 148 valence electrons. The molecule has 8 heteroatoms. The lowest BCUT2D eigenvalue weighted by atomic mass is 10.1. The van der Waals surface area contributed by atoms with Crippen LogP contribution in [0.4, 0.5) is 0 Å². The number of hydrogen-bond acceptors (Lipinski definition) is 7. The zero-order valence-electron chi connectivity index (χ0n) is 15.9. The first-order valence-corrected chi connectivity index (χ1v) is 9.21. The molecule has 7 nitrogen and oxygen atoms in total. The van der Waals surface area contributed by atoms with E-state index in [1.165, 1.54) is 0 Å². The fraction of sp³-hybridized carbons (Fsp3) is 0.190. The van der Waals surface area contributed by atoms with Gasteiger partial charge in [0.2, 0.25) is 11.7 Å². The first-order valence-electron chi connectivity index (χ1n) is 8.83. The van der Waals surface area contributed by atoms with Gasteiger partial charge in [-0.25, -0.2) is 4.79 Å². The summed E-state index contributed by atoms with van der Waals surface area (Å²) in [5.74, 6) is 0.717. The molecule has 0 aliphatic carbocycles. The summed E-state index contributed by atoms with van der Waals surface area (Å²) in [5.41, 5.74) is 1.95. The third-order valence-electron chi connectivity index (χ3n) is 4.49. The number of methoxy groups -OCH3 is 1. The Labute approximate surface area is 171 Å². The van der Waals surface area contributed by atoms with Gasteiger partial charge in [0.1, 0.15) is 11.3 Å². The quantitative estimate of drug-likeness (QED) is 0.407. The largest absolute Gasteiger partial charge is 0.497 e. The summed E-state index contributed by atoms with van der Waals surface area (Å²) in [4.78, 5) is 12.6. The van der Waals surface area contributed by atoms with Crippen LogP contribution in [0.1, 0.15) is 35.0 Å². The van der Waals surface area contributed by atoms with Gasteiger partial charge < -0.3 is 18.3 Å². The molecule has 1 unspecified atom stereocenters. The summed E-state index contributed by atoms with van der Waals surface area (Å²) in [6.45, 7) is 3.43. The maximum Gasteiger partial charge on any atom is 0.375 e. The van der Waals surface area contributed by atoms with Gasteiger partial charge in [-0.3, -0.25) is 0 Å². The molecule has 0 aliphatic heterocycles. The SMILES string of the molecule is COc1ccc(-c2nnc(C(C)OC(=O)c3oc4ccc(Cl)cc4c3C)o2)cc1. The smallest absolute Gasteiger partial charge is 0.375 e. The van der Waals surface area contributed by atoms with E-state index in [0.717, 1.165) is 16.7 Å². The Morgan fingerprint density at radius 2 is 1.86 bits per heavy atom.